The molecule has 1 aromatic carbocycles. The van der Waals surface area contributed by atoms with Crippen LogP contribution in [0.2, 0.25) is 0 Å². The van der Waals surface area contributed by atoms with E-state index < -0.39 is 0 Å². The number of hydrogen-bond acceptors (Lipinski definition) is 3. The van der Waals surface area contributed by atoms with E-state index in [9.17, 15) is 4.79 Å². The Morgan fingerprint density at radius 3 is 2.67 bits per heavy atom. The lowest BCUT2D eigenvalue weighted by molar-refractivity contribution is 0.0906. The van der Waals surface area contributed by atoms with E-state index in [0.717, 1.165) is 25.7 Å². The molecule has 0 bridgehead atoms. The Kier molecular flexibility index (Phi) is 3.45. The third-order valence-electron chi connectivity index (χ3n) is 3.63. The molecule has 0 aliphatic heterocycles. The number of rotatable bonds is 3. The fraction of sp³-hybridized carbons (Fsp3) is 0.500. The van der Waals surface area contributed by atoms with Gasteiger partial charge in [-0.2, -0.15) is 0 Å². The van der Waals surface area contributed by atoms with Gasteiger partial charge in [0.2, 0.25) is 0 Å². The van der Waals surface area contributed by atoms with Crippen LogP contribution in [0, 0.1) is 0 Å². The average Bonchev–Trinajstić information content (AvgIpc) is 2.75. The van der Waals surface area contributed by atoms with Crippen molar-refractivity contribution in [1.82, 2.24) is 5.32 Å². The number of benzene rings is 1. The van der Waals surface area contributed by atoms with Crippen LogP contribution in [-0.4, -0.2) is 18.6 Å². The minimum absolute atomic E-state index is 0.107. The minimum Gasteiger partial charge on any atom is -0.496 e. The summed E-state index contributed by atoms with van der Waals surface area (Å²) in [5.74, 6) is 0.378. The molecule has 18 heavy (non-hydrogen) atoms. The van der Waals surface area contributed by atoms with E-state index in [1.165, 1.54) is 0 Å². The first-order valence-electron chi connectivity index (χ1n) is 6.31. The fourth-order valence-corrected chi connectivity index (χ4v) is 2.58. The normalized spacial score (nSPS) is 17.4. The number of carbonyl (C=O) groups excluding carboxylic acids is 1. The highest BCUT2D eigenvalue weighted by atomic mass is 16.5. The van der Waals surface area contributed by atoms with Crippen molar-refractivity contribution in [2.24, 2.45) is 0 Å². The highest BCUT2D eigenvalue weighted by molar-refractivity contribution is 6.02. The Hall–Kier alpha value is -1.71. The average molecular weight is 248 g/mol. The molecule has 0 unspecified atom stereocenters. The van der Waals surface area contributed by atoms with Crippen LogP contribution in [-0.2, 0) is 0 Å². The summed E-state index contributed by atoms with van der Waals surface area (Å²) in [7, 11) is 1.54. The fourth-order valence-electron chi connectivity index (χ4n) is 2.58. The van der Waals surface area contributed by atoms with Gasteiger partial charge in [-0.3, -0.25) is 4.79 Å². The molecule has 4 heteroatoms. The summed E-state index contributed by atoms with van der Waals surface area (Å²) < 4.78 is 5.20. The minimum atomic E-state index is -0.144. The number of carbonyl (C=O) groups is 1. The van der Waals surface area contributed by atoms with Crippen molar-refractivity contribution < 1.29 is 9.53 Å². The molecule has 1 aromatic rings. The third kappa shape index (κ3) is 2.42. The molecule has 0 spiro atoms. The largest absolute Gasteiger partial charge is 0.496 e. The third-order valence-corrected chi connectivity index (χ3v) is 3.63. The lowest BCUT2D eigenvalue weighted by atomic mass is 9.99. The van der Waals surface area contributed by atoms with Gasteiger partial charge in [-0.1, -0.05) is 18.9 Å². The highest BCUT2D eigenvalue weighted by Crippen LogP contribution is 2.31. The SMILES string of the molecule is COc1cccc(N)c1C(=O)NC1(C)CCCC1. The highest BCUT2D eigenvalue weighted by Gasteiger charge is 2.31. The second-order valence-electron chi connectivity index (χ2n) is 5.15. The Labute approximate surface area is 108 Å². The van der Waals surface area contributed by atoms with Gasteiger partial charge in [-0.25, -0.2) is 0 Å². The lowest BCUT2D eigenvalue weighted by Gasteiger charge is -2.26. The summed E-state index contributed by atoms with van der Waals surface area (Å²) >= 11 is 0. The number of methoxy groups -OCH3 is 1. The summed E-state index contributed by atoms with van der Waals surface area (Å²) in [5, 5.41) is 3.09. The second-order valence-corrected chi connectivity index (χ2v) is 5.15. The van der Waals surface area contributed by atoms with Crippen LogP contribution in [0.3, 0.4) is 0 Å². The Balaban J connectivity index is 2.23. The first kappa shape index (κ1) is 12.7. The molecule has 0 saturated heterocycles. The maximum absolute atomic E-state index is 12.3. The van der Waals surface area contributed by atoms with E-state index in [4.69, 9.17) is 10.5 Å². The van der Waals surface area contributed by atoms with E-state index in [0.29, 0.717) is 17.0 Å². The zero-order valence-electron chi connectivity index (χ0n) is 11.0. The molecule has 4 nitrogen and oxygen atoms in total. The molecule has 0 atom stereocenters. The van der Waals surface area contributed by atoms with E-state index >= 15 is 0 Å². The Bertz CT molecular complexity index is 451. The zero-order chi connectivity index (χ0) is 13.2. The van der Waals surface area contributed by atoms with E-state index in [2.05, 4.69) is 12.2 Å². The summed E-state index contributed by atoms with van der Waals surface area (Å²) in [5.41, 5.74) is 6.66. The Morgan fingerprint density at radius 2 is 2.06 bits per heavy atom. The van der Waals surface area contributed by atoms with E-state index in [-0.39, 0.29) is 11.4 Å². The summed E-state index contributed by atoms with van der Waals surface area (Å²) in [6, 6.07) is 5.25. The van der Waals surface area contributed by atoms with Gasteiger partial charge < -0.3 is 15.8 Å². The first-order valence-corrected chi connectivity index (χ1v) is 6.31. The lowest BCUT2D eigenvalue weighted by Crippen LogP contribution is -2.43. The van der Waals surface area contributed by atoms with Crippen LogP contribution in [0.25, 0.3) is 0 Å². The van der Waals surface area contributed by atoms with Gasteiger partial charge in [0.05, 0.1) is 7.11 Å². The number of nitrogens with two attached hydrogens (primary N) is 1. The summed E-state index contributed by atoms with van der Waals surface area (Å²) in [4.78, 5) is 12.3. The zero-order valence-corrected chi connectivity index (χ0v) is 11.0. The predicted molar refractivity (Wildman–Crippen MR) is 71.7 cm³/mol. The summed E-state index contributed by atoms with van der Waals surface area (Å²) in [6.07, 6.45) is 4.37. The van der Waals surface area contributed by atoms with Crippen molar-refractivity contribution in [3.63, 3.8) is 0 Å². The molecular formula is C14H20N2O2. The topological polar surface area (TPSA) is 64.3 Å². The maximum Gasteiger partial charge on any atom is 0.257 e. The van der Waals surface area contributed by atoms with Crippen LogP contribution in [0.5, 0.6) is 5.75 Å². The standard InChI is InChI=1S/C14H20N2O2/c1-14(8-3-4-9-14)16-13(17)12-10(15)6-5-7-11(12)18-2/h5-7H,3-4,8-9,15H2,1-2H3,(H,16,17). The van der Waals surface area contributed by atoms with Crippen molar-refractivity contribution in [2.45, 2.75) is 38.1 Å². The van der Waals surface area contributed by atoms with Gasteiger partial charge in [0.1, 0.15) is 11.3 Å². The van der Waals surface area contributed by atoms with Crippen molar-refractivity contribution in [3.05, 3.63) is 23.8 Å². The predicted octanol–water partition coefficient (Wildman–Crippen LogP) is 2.34. The molecule has 0 radical (unpaired) electrons. The van der Waals surface area contributed by atoms with Crippen molar-refractivity contribution >= 4 is 11.6 Å². The molecule has 1 aliphatic rings. The molecule has 1 saturated carbocycles. The molecule has 1 amide bonds. The first-order chi connectivity index (χ1) is 8.56. The smallest absolute Gasteiger partial charge is 0.257 e. The number of nitrogens with one attached hydrogen (secondary N) is 1. The number of nitrogen functional groups attached to an aromatic ring is 1. The number of ether oxygens (including phenoxy) is 1. The van der Waals surface area contributed by atoms with Gasteiger partial charge >= 0.3 is 0 Å². The van der Waals surface area contributed by atoms with Gasteiger partial charge in [-0.05, 0) is 31.9 Å². The Morgan fingerprint density at radius 1 is 1.39 bits per heavy atom. The summed E-state index contributed by atoms with van der Waals surface area (Å²) in [6.45, 7) is 2.09. The van der Waals surface area contributed by atoms with Gasteiger partial charge in [0.15, 0.2) is 0 Å². The quantitative estimate of drug-likeness (QED) is 0.807. The van der Waals surface area contributed by atoms with E-state index in [1.54, 1.807) is 25.3 Å². The van der Waals surface area contributed by atoms with Crippen molar-refractivity contribution in [3.8, 4) is 5.75 Å². The number of hydrogen-bond donors (Lipinski definition) is 2. The molecule has 1 fully saturated rings. The number of amides is 1. The molecule has 1 aliphatic carbocycles. The van der Waals surface area contributed by atoms with E-state index in [1.807, 2.05) is 0 Å². The van der Waals surface area contributed by atoms with Crippen molar-refractivity contribution in [2.75, 3.05) is 12.8 Å². The van der Waals surface area contributed by atoms with Crippen LogP contribution in [0.15, 0.2) is 18.2 Å². The van der Waals surface area contributed by atoms with Gasteiger partial charge in [0, 0.05) is 11.2 Å². The molecule has 0 heterocycles. The molecule has 3 N–H and O–H groups in total. The molecule has 0 aromatic heterocycles. The molecular weight excluding hydrogens is 228 g/mol. The van der Waals surface area contributed by atoms with Crippen molar-refractivity contribution in [1.29, 1.82) is 0 Å². The van der Waals surface area contributed by atoms with Crippen LogP contribution in [0.1, 0.15) is 43.0 Å². The molecule has 98 valence electrons. The van der Waals surface area contributed by atoms with Gasteiger partial charge in [0.25, 0.3) is 5.91 Å². The van der Waals surface area contributed by atoms with Crippen LogP contribution >= 0.6 is 0 Å². The van der Waals surface area contributed by atoms with Crippen LogP contribution < -0.4 is 15.8 Å². The monoisotopic (exact) mass is 248 g/mol. The number of anilines is 1. The maximum atomic E-state index is 12.3. The van der Waals surface area contributed by atoms with Crippen LogP contribution in [0.4, 0.5) is 5.69 Å². The van der Waals surface area contributed by atoms with Gasteiger partial charge in [-0.15, -0.1) is 0 Å². The molecule has 2 rings (SSSR count). The second kappa shape index (κ2) is 4.88.